The van der Waals surface area contributed by atoms with Crippen LogP contribution in [0, 0.1) is 0 Å². The van der Waals surface area contributed by atoms with Crippen molar-refractivity contribution in [2.45, 2.75) is 69.5 Å². The minimum atomic E-state index is -5.08. The minimum absolute atomic E-state index is 0.0483. The van der Waals surface area contributed by atoms with Gasteiger partial charge >= 0.3 is 12.1 Å². The van der Waals surface area contributed by atoms with Gasteiger partial charge in [-0.05, 0) is 59.2 Å². The van der Waals surface area contributed by atoms with E-state index in [0.717, 1.165) is 29.5 Å². The van der Waals surface area contributed by atoms with Crippen molar-refractivity contribution in [3.8, 4) is 0 Å². The van der Waals surface area contributed by atoms with E-state index in [4.69, 9.17) is 26.1 Å². The number of carbonyl (C=O) groups is 3. The first-order chi connectivity index (χ1) is 24.9. The van der Waals surface area contributed by atoms with Crippen LogP contribution in [0.1, 0.15) is 42.4 Å². The molecule has 276 valence electrons. The number of nitrogens with two attached hydrogens (primary N) is 2. The standard InChI is InChI=1S/C37H43N5O3.C2HF3O2/c38-37(39)40-21-9-16-32-24-33(45-26-29-17-19-30-14-7-8-15-31(30)22-29)25-42(32)36(44)34(23-28-12-5-2-6-13-28)41-35(43)20-18-27-10-3-1-4-11-27;3-2(4,5)1(6)7/h1-8,10-15,17,19,22,32-34H,9,16,18,20-21,23-26H2,(H,41,43)(H4,38,39,40);(H,6,7)/t32-,33+,34+;/m0./s1. The second-order valence-electron chi connectivity index (χ2n) is 12.5. The number of nitrogens with one attached hydrogen (secondary N) is 1. The Hall–Kier alpha value is -5.43. The molecular weight excluding hydrogens is 675 g/mol. The third-order valence-corrected chi connectivity index (χ3v) is 8.59. The minimum Gasteiger partial charge on any atom is -0.475 e. The van der Waals surface area contributed by atoms with Crippen LogP contribution in [0.2, 0.25) is 0 Å². The molecule has 1 saturated heterocycles. The number of amides is 2. The molecule has 1 fully saturated rings. The number of carbonyl (C=O) groups excluding carboxylic acids is 2. The molecule has 0 bridgehead atoms. The monoisotopic (exact) mass is 719 g/mol. The molecule has 0 saturated carbocycles. The van der Waals surface area contributed by atoms with Gasteiger partial charge in [0.1, 0.15) is 6.04 Å². The molecule has 1 heterocycles. The summed E-state index contributed by atoms with van der Waals surface area (Å²) >= 11 is 0. The molecule has 10 nitrogen and oxygen atoms in total. The van der Waals surface area contributed by atoms with Crippen LogP contribution in [-0.4, -0.2) is 71.2 Å². The van der Waals surface area contributed by atoms with E-state index in [2.05, 4.69) is 40.6 Å². The van der Waals surface area contributed by atoms with Crippen LogP contribution < -0.4 is 16.8 Å². The highest BCUT2D eigenvalue weighted by Gasteiger charge is 2.39. The molecule has 4 aromatic rings. The molecule has 3 atom stereocenters. The van der Waals surface area contributed by atoms with E-state index in [9.17, 15) is 22.8 Å². The Morgan fingerprint density at radius 1 is 0.885 bits per heavy atom. The first-order valence-corrected chi connectivity index (χ1v) is 17.0. The summed E-state index contributed by atoms with van der Waals surface area (Å²) in [6.07, 6.45) is -1.70. The Morgan fingerprint density at radius 2 is 1.50 bits per heavy atom. The van der Waals surface area contributed by atoms with Crippen molar-refractivity contribution in [2.75, 3.05) is 13.1 Å². The number of hydrogen-bond donors (Lipinski definition) is 4. The van der Waals surface area contributed by atoms with Gasteiger partial charge in [-0.1, -0.05) is 97.1 Å². The van der Waals surface area contributed by atoms with Crippen molar-refractivity contribution in [3.63, 3.8) is 0 Å². The van der Waals surface area contributed by atoms with Crippen LogP contribution in [-0.2, 0) is 38.6 Å². The van der Waals surface area contributed by atoms with Crippen molar-refractivity contribution in [1.29, 1.82) is 0 Å². The van der Waals surface area contributed by atoms with Crippen LogP contribution in [0.15, 0.2) is 108 Å². The predicted octanol–water partition coefficient (Wildman–Crippen LogP) is 5.37. The molecule has 0 spiro atoms. The number of aliphatic imine (C=N–C) groups is 1. The molecule has 1 aliphatic heterocycles. The molecule has 13 heteroatoms. The number of aryl methyl sites for hydroxylation is 1. The number of rotatable bonds is 14. The van der Waals surface area contributed by atoms with Crippen molar-refractivity contribution in [3.05, 3.63) is 120 Å². The number of benzene rings is 4. The highest BCUT2D eigenvalue weighted by molar-refractivity contribution is 5.88. The lowest BCUT2D eigenvalue weighted by molar-refractivity contribution is -0.192. The Balaban J connectivity index is 0.000000785. The summed E-state index contributed by atoms with van der Waals surface area (Å²) in [7, 11) is 0. The Labute approximate surface area is 300 Å². The van der Waals surface area contributed by atoms with Crippen LogP contribution in [0.5, 0.6) is 0 Å². The molecule has 5 rings (SSSR count). The summed E-state index contributed by atoms with van der Waals surface area (Å²) in [4.78, 5) is 42.4. The van der Waals surface area contributed by atoms with Crippen LogP contribution in [0.25, 0.3) is 10.8 Å². The molecular formula is C39H44F3N5O5. The van der Waals surface area contributed by atoms with Crippen LogP contribution >= 0.6 is 0 Å². The number of fused-ring (bicyclic) bond motifs is 1. The van der Waals surface area contributed by atoms with E-state index < -0.39 is 18.2 Å². The summed E-state index contributed by atoms with van der Waals surface area (Å²) in [5, 5.41) is 12.6. The summed E-state index contributed by atoms with van der Waals surface area (Å²) in [5.74, 6) is -2.92. The fraction of sp³-hybridized carbons (Fsp3) is 0.333. The van der Waals surface area contributed by atoms with Gasteiger partial charge in [0.2, 0.25) is 11.8 Å². The van der Waals surface area contributed by atoms with Gasteiger partial charge in [-0.25, -0.2) is 4.79 Å². The number of halogens is 3. The Kier molecular flexibility index (Phi) is 14.6. The first kappa shape index (κ1) is 39.4. The molecule has 4 aromatic carbocycles. The number of likely N-dealkylation sites (tertiary alicyclic amines) is 1. The molecule has 0 unspecified atom stereocenters. The number of guanidine groups is 1. The maximum absolute atomic E-state index is 14.3. The highest BCUT2D eigenvalue weighted by atomic mass is 19.4. The molecule has 6 N–H and O–H groups in total. The van der Waals surface area contributed by atoms with E-state index in [-0.39, 0.29) is 29.9 Å². The largest absolute Gasteiger partial charge is 0.490 e. The van der Waals surface area contributed by atoms with E-state index in [1.807, 2.05) is 77.7 Å². The van der Waals surface area contributed by atoms with Crippen molar-refractivity contribution in [1.82, 2.24) is 10.2 Å². The summed E-state index contributed by atoms with van der Waals surface area (Å²) < 4.78 is 38.1. The molecule has 2 amide bonds. The number of carboxylic acid groups (broad SMARTS) is 1. The number of aliphatic carboxylic acids is 1. The lowest BCUT2D eigenvalue weighted by Crippen LogP contribution is -2.51. The SMILES string of the molecule is NC(N)=NCCC[C@H]1C[C@@H](OCc2ccc3ccccc3c2)CN1C(=O)[C@@H](Cc1ccccc1)NC(=O)CCc1ccccc1.O=C(O)C(F)(F)F. The summed E-state index contributed by atoms with van der Waals surface area (Å²) in [6, 6.07) is 33.6. The molecule has 0 aromatic heterocycles. The zero-order valence-electron chi connectivity index (χ0n) is 28.7. The Bertz CT molecular complexity index is 1790. The predicted molar refractivity (Wildman–Crippen MR) is 193 cm³/mol. The Morgan fingerprint density at radius 3 is 2.13 bits per heavy atom. The molecule has 1 aliphatic rings. The zero-order valence-corrected chi connectivity index (χ0v) is 28.7. The number of ether oxygens (including phenoxy) is 1. The zero-order chi connectivity index (χ0) is 37.5. The maximum atomic E-state index is 14.3. The highest BCUT2D eigenvalue weighted by Crippen LogP contribution is 2.27. The third-order valence-electron chi connectivity index (χ3n) is 8.59. The molecule has 52 heavy (non-hydrogen) atoms. The fourth-order valence-electron chi connectivity index (χ4n) is 6.03. The average molecular weight is 720 g/mol. The maximum Gasteiger partial charge on any atom is 0.490 e. The van der Waals surface area contributed by atoms with Gasteiger partial charge in [0.15, 0.2) is 5.96 Å². The van der Waals surface area contributed by atoms with Gasteiger partial charge in [0.05, 0.1) is 12.7 Å². The van der Waals surface area contributed by atoms with Crippen molar-refractivity contribution >= 4 is 34.5 Å². The van der Waals surface area contributed by atoms with Gasteiger partial charge in [-0.3, -0.25) is 14.6 Å². The third kappa shape index (κ3) is 12.7. The van der Waals surface area contributed by atoms with Crippen molar-refractivity contribution in [2.24, 2.45) is 16.5 Å². The number of nitrogens with zero attached hydrogens (tertiary/aromatic N) is 2. The lowest BCUT2D eigenvalue weighted by atomic mass is 10.0. The van der Waals surface area contributed by atoms with Crippen molar-refractivity contribution < 1.29 is 37.4 Å². The van der Waals surface area contributed by atoms with E-state index in [1.165, 1.54) is 10.8 Å². The normalized spacial score (nSPS) is 16.0. The van der Waals surface area contributed by atoms with E-state index in [0.29, 0.717) is 45.4 Å². The van der Waals surface area contributed by atoms with Gasteiger partial charge in [-0.15, -0.1) is 0 Å². The quantitative estimate of drug-likeness (QED) is 0.0774. The number of carboxylic acids is 1. The van der Waals surface area contributed by atoms with Crippen LogP contribution in [0.4, 0.5) is 13.2 Å². The van der Waals surface area contributed by atoms with Gasteiger partial charge in [-0.2, -0.15) is 13.2 Å². The van der Waals surface area contributed by atoms with Gasteiger partial charge in [0, 0.05) is 32.0 Å². The van der Waals surface area contributed by atoms with Gasteiger partial charge < -0.3 is 31.5 Å². The van der Waals surface area contributed by atoms with Crippen LogP contribution in [0.3, 0.4) is 0 Å². The summed E-state index contributed by atoms with van der Waals surface area (Å²) in [6.45, 7) is 1.42. The van der Waals surface area contributed by atoms with Gasteiger partial charge in [0.25, 0.3) is 0 Å². The second kappa shape index (κ2) is 19.3. The first-order valence-electron chi connectivity index (χ1n) is 17.0. The lowest BCUT2D eigenvalue weighted by Gasteiger charge is -2.29. The summed E-state index contributed by atoms with van der Waals surface area (Å²) in [5.41, 5.74) is 14.2. The number of alkyl halides is 3. The second-order valence-corrected chi connectivity index (χ2v) is 12.5. The van der Waals surface area contributed by atoms with E-state index >= 15 is 0 Å². The average Bonchev–Trinajstić information content (AvgIpc) is 3.54. The topological polar surface area (TPSA) is 160 Å². The molecule has 0 aliphatic carbocycles. The fourth-order valence-corrected chi connectivity index (χ4v) is 6.03. The smallest absolute Gasteiger partial charge is 0.475 e. The number of hydrogen-bond acceptors (Lipinski definition) is 5. The molecule has 0 radical (unpaired) electrons. The van der Waals surface area contributed by atoms with E-state index in [1.54, 1.807) is 0 Å².